The van der Waals surface area contributed by atoms with Gasteiger partial charge in [-0.2, -0.15) is 0 Å². The molecule has 1 heterocycles. The highest BCUT2D eigenvalue weighted by atomic mass is 16.4. The fourth-order valence-corrected chi connectivity index (χ4v) is 3.08. The number of piperidine rings is 1. The Labute approximate surface area is 85.1 Å². The SMILES string of the molecule is CC(C)CN1CC2CC(C(=O)O)C1C2. The van der Waals surface area contributed by atoms with Crippen LogP contribution in [0.25, 0.3) is 0 Å². The molecule has 1 saturated heterocycles. The zero-order valence-electron chi connectivity index (χ0n) is 8.94. The van der Waals surface area contributed by atoms with Gasteiger partial charge in [0.15, 0.2) is 0 Å². The van der Waals surface area contributed by atoms with Crippen LogP contribution in [-0.4, -0.2) is 35.1 Å². The average molecular weight is 197 g/mol. The molecule has 0 aromatic heterocycles. The zero-order chi connectivity index (χ0) is 10.3. The highest BCUT2D eigenvalue weighted by molar-refractivity contribution is 5.71. The summed E-state index contributed by atoms with van der Waals surface area (Å²) in [5, 5.41) is 9.06. The third-order valence-corrected chi connectivity index (χ3v) is 3.51. The minimum Gasteiger partial charge on any atom is -0.481 e. The summed E-state index contributed by atoms with van der Waals surface area (Å²) in [6, 6.07) is 0.333. The lowest BCUT2D eigenvalue weighted by atomic mass is 9.97. The van der Waals surface area contributed by atoms with Crippen LogP contribution in [0.15, 0.2) is 0 Å². The predicted octanol–water partition coefficient (Wildman–Crippen LogP) is 1.44. The normalized spacial score (nSPS) is 36.9. The molecule has 0 radical (unpaired) electrons. The molecule has 1 saturated carbocycles. The minimum absolute atomic E-state index is 0.0903. The highest BCUT2D eigenvalue weighted by Crippen LogP contribution is 2.42. The number of carbonyl (C=O) groups is 1. The van der Waals surface area contributed by atoms with Crippen molar-refractivity contribution in [1.29, 1.82) is 0 Å². The Balaban J connectivity index is 2.00. The Morgan fingerprint density at radius 1 is 1.50 bits per heavy atom. The van der Waals surface area contributed by atoms with Crippen molar-refractivity contribution in [1.82, 2.24) is 4.90 Å². The Kier molecular flexibility index (Phi) is 2.52. The van der Waals surface area contributed by atoms with Crippen LogP contribution in [0.4, 0.5) is 0 Å². The monoisotopic (exact) mass is 197 g/mol. The molecule has 2 fully saturated rings. The van der Waals surface area contributed by atoms with Crippen LogP contribution in [0.1, 0.15) is 26.7 Å². The van der Waals surface area contributed by atoms with Gasteiger partial charge in [0.2, 0.25) is 0 Å². The second kappa shape index (κ2) is 3.54. The highest BCUT2D eigenvalue weighted by Gasteiger charge is 2.47. The summed E-state index contributed by atoms with van der Waals surface area (Å²) in [6.45, 7) is 6.58. The van der Waals surface area contributed by atoms with Gasteiger partial charge >= 0.3 is 5.97 Å². The van der Waals surface area contributed by atoms with E-state index in [-0.39, 0.29) is 5.92 Å². The van der Waals surface area contributed by atoms with Crippen molar-refractivity contribution in [3.8, 4) is 0 Å². The van der Waals surface area contributed by atoms with E-state index in [1.54, 1.807) is 0 Å². The van der Waals surface area contributed by atoms with Crippen molar-refractivity contribution < 1.29 is 9.90 Å². The first-order chi connectivity index (χ1) is 6.58. The fraction of sp³-hybridized carbons (Fsp3) is 0.909. The summed E-state index contributed by atoms with van der Waals surface area (Å²) < 4.78 is 0. The van der Waals surface area contributed by atoms with Gasteiger partial charge in [0.1, 0.15) is 0 Å². The topological polar surface area (TPSA) is 40.5 Å². The number of carboxylic acid groups (broad SMARTS) is 1. The molecule has 2 aliphatic rings. The first-order valence-electron chi connectivity index (χ1n) is 5.54. The molecule has 14 heavy (non-hydrogen) atoms. The number of hydrogen-bond acceptors (Lipinski definition) is 2. The van der Waals surface area contributed by atoms with Crippen LogP contribution in [0.3, 0.4) is 0 Å². The summed E-state index contributed by atoms with van der Waals surface area (Å²) in [4.78, 5) is 13.4. The van der Waals surface area contributed by atoms with Crippen molar-refractivity contribution in [2.75, 3.05) is 13.1 Å². The van der Waals surface area contributed by atoms with Crippen LogP contribution in [-0.2, 0) is 4.79 Å². The maximum Gasteiger partial charge on any atom is 0.308 e. The molecule has 0 spiro atoms. The van der Waals surface area contributed by atoms with Gasteiger partial charge in [-0.1, -0.05) is 13.8 Å². The van der Waals surface area contributed by atoms with Crippen molar-refractivity contribution >= 4 is 5.97 Å². The lowest BCUT2D eigenvalue weighted by molar-refractivity contribution is -0.144. The molecule has 0 aromatic carbocycles. The quantitative estimate of drug-likeness (QED) is 0.744. The van der Waals surface area contributed by atoms with Gasteiger partial charge in [0.05, 0.1) is 5.92 Å². The van der Waals surface area contributed by atoms with Crippen LogP contribution in [0, 0.1) is 17.8 Å². The molecule has 2 rings (SSSR count). The van der Waals surface area contributed by atoms with Gasteiger partial charge < -0.3 is 5.11 Å². The molecular weight excluding hydrogens is 178 g/mol. The maximum atomic E-state index is 11.0. The third-order valence-electron chi connectivity index (χ3n) is 3.51. The maximum absolute atomic E-state index is 11.0. The number of rotatable bonds is 3. The Hall–Kier alpha value is -0.570. The summed E-state index contributed by atoms with van der Waals surface area (Å²) in [5.74, 6) is 0.613. The van der Waals surface area contributed by atoms with E-state index in [4.69, 9.17) is 5.11 Å². The first kappa shape index (κ1) is 9.97. The third kappa shape index (κ3) is 1.65. The summed E-state index contributed by atoms with van der Waals surface area (Å²) >= 11 is 0. The van der Waals surface area contributed by atoms with Gasteiger partial charge in [-0.15, -0.1) is 0 Å². The molecule has 0 aromatic rings. The Bertz CT molecular complexity index is 239. The van der Waals surface area contributed by atoms with E-state index in [0.29, 0.717) is 17.9 Å². The molecular formula is C11H19NO2. The van der Waals surface area contributed by atoms with Crippen molar-refractivity contribution in [3.05, 3.63) is 0 Å². The van der Waals surface area contributed by atoms with Crippen molar-refractivity contribution in [2.24, 2.45) is 17.8 Å². The van der Waals surface area contributed by atoms with E-state index in [9.17, 15) is 4.79 Å². The van der Waals surface area contributed by atoms with Gasteiger partial charge in [0.25, 0.3) is 0 Å². The number of fused-ring (bicyclic) bond motifs is 2. The Morgan fingerprint density at radius 2 is 2.21 bits per heavy atom. The molecule has 3 atom stereocenters. The largest absolute Gasteiger partial charge is 0.481 e. The lowest BCUT2D eigenvalue weighted by Crippen LogP contribution is -2.42. The smallest absolute Gasteiger partial charge is 0.308 e. The Morgan fingerprint density at radius 3 is 2.71 bits per heavy atom. The van der Waals surface area contributed by atoms with E-state index >= 15 is 0 Å². The summed E-state index contributed by atoms with van der Waals surface area (Å²) in [5.41, 5.74) is 0. The van der Waals surface area contributed by atoms with Crippen LogP contribution < -0.4 is 0 Å². The standard InChI is InChI=1S/C11H19NO2/c1-7(2)5-12-6-8-3-9(11(13)14)10(12)4-8/h7-10H,3-6H2,1-2H3,(H,13,14). The first-order valence-corrected chi connectivity index (χ1v) is 5.54. The molecule has 3 unspecified atom stereocenters. The lowest BCUT2D eigenvalue weighted by Gasteiger charge is -2.32. The van der Waals surface area contributed by atoms with E-state index in [1.165, 1.54) is 0 Å². The number of carboxylic acids is 1. The van der Waals surface area contributed by atoms with Crippen molar-refractivity contribution in [2.45, 2.75) is 32.7 Å². The van der Waals surface area contributed by atoms with Gasteiger partial charge in [-0.25, -0.2) is 0 Å². The molecule has 1 aliphatic carbocycles. The summed E-state index contributed by atoms with van der Waals surface area (Å²) in [6.07, 6.45) is 2.03. The molecule has 2 bridgehead atoms. The molecule has 1 aliphatic heterocycles. The summed E-state index contributed by atoms with van der Waals surface area (Å²) in [7, 11) is 0. The zero-order valence-corrected chi connectivity index (χ0v) is 8.94. The van der Waals surface area contributed by atoms with Crippen LogP contribution in [0.2, 0.25) is 0 Å². The van der Waals surface area contributed by atoms with Crippen molar-refractivity contribution in [3.63, 3.8) is 0 Å². The average Bonchev–Trinajstić information content (AvgIpc) is 2.60. The van der Waals surface area contributed by atoms with E-state index in [0.717, 1.165) is 25.9 Å². The van der Waals surface area contributed by atoms with Gasteiger partial charge in [-0.05, 0) is 24.7 Å². The molecule has 1 N–H and O–H groups in total. The van der Waals surface area contributed by atoms with E-state index in [1.807, 2.05) is 0 Å². The number of hydrogen-bond donors (Lipinski definition) is 1. The molecule has 3 nitrogen and oxygen atoms in total. The number of aliphatic carboxylic acids is 1. The van der Waals surface area contributed by atoms with Gasteiger partial charge in [-0.3, -0.25) is 9.69 Å². The fourth-order valence-electron chi connectivity index (χ4n) is 3.08. The van der Waals surface area contributed by atoms with Crippen LogP contribution >= 0.6 is 0 Å². The molecule has 80 valence electrons. The number of likely N-dealkylation sites (tertiary alicyclic amines) is 1. The number of nitrogens with zero attached hydrogens (tertiary/aromatic N) is 1. The van der Waals surface area contributed by atoms with E-state index in [2.05, 4.69) is 18.7 Å². The van der Waals surface area contributed by atoms with Crippen LogP contribution in [0.5, 0.6) is 0 Å². The minimum atomic E-state index is -0.592. The molecule has 0 amide bonds. The van der Waals surface area contributed by atoms with E-state index < -0.39 is 5.97 Å². The predicted molar refractivity (Wildman–Crippen MR) is 54.0 cm³/mol. The second-order valence-electron chi connectivity index (χ2n) is 5.20. The molecule has 3 heteroatoms. The second-order valence-corrected chi connectivity index (χ2v) is 5.20. The van der Waals surface area contributed by atoms with Gasteiger partial charge in [0, 0.05) is 19.1 Å².